The van der Waals surface area contributed by atoms with Crippen LogP contribution in [0.4, 0.5) is 0 Å². The van der Waals surface area contributed by atoms with E-state index in [2.05, 4.69) is 30.6 Å². The highest BCUT2D eigenvalue weighted by Crippen LogP contribution is 2.22. The maximum Gasteiger partial charge on any atom is 0.180 e. The lowest BCUT2D eigenvalue weighted by molar-refractivity contribution is 0.0854. The second-order valence-corrected chi connectivity index (χ2v) is 6.84. The number of aryl methyl sites for hydroxylation is 1. The fourth-order valence-electron chi connectivity index (χ4n) is 2.80. The highest BCUT2D eigenvalue weighted by molar-refractivity contribution is 6.00. The molecule has 1 aliphatic rings. The fourth-order valence-corrected chi connectivity index (χ4v) is 2.80. The Morgan fingerprint density at radius 2 is 1.83 bits per heavy atom. The summed E-state index contributed by atoms with van der Waals surface area (Å²) in [5.74, 6) is 1.33. The van der Waals surface area contributed by atoms with Crippen LogP contribution in [0, 0.1) is 12.8 Å². The van der Waals surface area contributed by atoms with Gasteiger partial charge in [0, 0.05) is 26.2 Å². The quantitative estimate of drug-likeness (QED) is 0.724. The van der Waals surface area contributed by atoms with Crippen molar-refractivity contribution in [3.8, 4) is 5.75 Å². The molecule has 0 N–H and O–H groups in total. The van der Waals surface area contributed by atoms with Crippen LogP contribution in [0.15, 0.2) is 18.2 Å². The van der Waals surface area contributed by atoms with Gasteiger partial charge in [0.1, 0.15) is 5.75 Å². The molecule has 0 atom stereocenters. The van der Waals surface area contributed by atoms with E-state index in [9.17, 15) is 4.79 Å². The number of Topliss-reactive ketones (excluding diaryl/α,β-unsaturated/α-hetero) is 1. The number of carbonyl (C=O) groups is 1. The van der Waals surface area contributed by atoms with Gasteiger partial charge in [-0.25, -0.2) is 0 Å². The summed E-state index contributed by atoms with van der Waals surface area (Å²) in [6.45, 7) is 14.7. The fraction of sp³-hybridized carbons (Fsp3) is 0.632. The van der Waals surface area contributed by atoms with Crippen molar-refractivity contribution >= 4 is 5.78 Å². The molecule has 0 saturated carbocycles. The van der Waals surface area contributed by atoms with E-state index in [1.54, 1.807) is 0 Å². The summed E-state index contributed by atoms with van der Waals surface area (Å²) in [7, 11) is 0. The minimum atomic E-state index is 0.164. The van der Waals surface area contributed by atoms with Gasteiger partial charge < -0.3 is 9.64 Å². The molecule has 0 unspecified atom stereocenters. The molecule has 0 aliphatic carbocycles. The van der Waals surface area contributed by atoms with Crippen molar-refractivity contribution in [1.82, 2.24) is 9.80 Å². The molecular weight excluding hydrogens is 288 g/mol. The molecule has 4 heteroatoms. The topological polar surface area (TPSA) is 32.8 Å². The van der Waals surface area contributed by atoms with Crippen molar-refractivity contribution in [1.29, 1.82) is 0 Å². The summed E-state index contributed by atoms with van der Waals surface area (Å²) < 4.78 is 5.85. The number of hydrogen-bond acceptors (Lipinski definition) is 4. The number of carbonyl (C=O) groups excluding carboxylic acids is 1. The van der Waals surface area contributed by atoms with Gasteiger partial charge in [0.2, 0.25) is 0 Å². The normalized spacial score (nSPS) is 16.7. The predicted octanol–water partition coefficient (Wildman–Crippen LogP) is 2.85. The first kappa shape index (κ1) is 18.0. The molecular formula is C19H30N2O2. The Morgan fingerprint density at radius 1 is 1.17 bits per heavy atom. The van der Waals surface area contributed by atoms with Gasteiger partial charge in [0.05, 0.1) is 18.7 Å². The summed E-state index contributed by atoms with van der Waals surface area (Å²) in [5.41, 5.74) is 1.82. The van der Waals surface area contributed by atoms with E-state index in [0.29, 0.717) is 19.1 Å². The summed E-state index contributed by atoms with van der Waals surface area (Å²) in [6, 6.07) is 5.90. The lowest BCUT2D eigenvalue weighted by Gasteiger charge is -2.33. The molecule has 1 saturated heterocycles. The first-order chi connectivity index (χ1) is 11.0. The van der Waals surface area contributed by atoms with Crippen molar-refractivity contribution in [2.45, 2.75) is 27.7 Å². The number of piperazine rings is 1. The SMILES string of the molecule is CCN1CCN(CC(=O)c2cc(C)ccc2OCC(C)C)CC1. The molecule has 0 aromatic heterocycles. The van der Waals surface area contributed by atoms with Crippen molar-refractivity contribution in [3.05, 3.63) is 29.3 Å². The van der Waals surface area contributed by atoms with E-state index < -0.39 is 0 Å². The number of nitrogens with zero attached hydrogens (tertiary/aromatic N) is 2. The van der Waals surface area contributed by atoms with E-state index in [4.69, 9.17) is 4.74 Å². The Kier molecular flexibility index (Phi) is 6.60. The molecule has 2 rings (SSSR count). The van der Waals surface area contributed by atoms with Gasteiger partial charge in [-0.3, -0.25) is 9.69 Å². The van der Waals surface area contributed by atoms with Crippen LogP contribution in [0.3, 0.4) is 0 Å². The Morgan fingerprint density at radius 3 is 2.43 bits per heavy atom. The van der Waals surface area contributed by atoms with Crippen molar-refractivity contribution < 1.29 is 9.53 Å². The van der Waals surface area contributed by atoms with Crippen LogP contribution in [0.25, 0.3) is 0 Å². The van der Waals surface area contributed by atoms with Gasteiger partial charge in [-0.2, -0.15) is 0 Å². The molecule has 0 spiro atoms. The summed E-state index contributed by atoms with van der Waals surface area (Å²) in [4.78, 5) is 17.4. The number of hydrogen-bond donors (Lipinski definition) is 0. The molecule has 1 aromatic carbocycles. The molecule has 0 radical (unpaired) electrons. The van der Waals surface area contributed by atoms with Gasteiger partial charge in [-0.15, -0.1) is 0 Å². The Bertz CT molecular complexity index is 520. The molecule has 1 aliphatic heterocycles. The third-order valence-electron chi connectivity index (χ3n) is 4.29. The number of benzene rings is 1. The minimum Gasteiger partial charge on any atom is -0.493 e. The zero-order valence-electron chi connectivity index (χ0n) is 15.0. The maximum atomic E-state index is 12.7. The molecule has 0 amide bonds. The van der Waals surface area contributed by atoms with Crippen LogP contribution in [-0.4, -0.2) is 61.5 Å². The molecule has 23 heavy (non-hydrogen) atoms. The van der Waals surface area contributed by atoms with Gasteiger partial charge in [0.25, 0.3) is 0 Å². The number of likely N-dealkylation sites (N-methyl/N-ethyl adjacent to an activating group) is 1. The third kappa shape index (κ3) is 5.33. The van der Waals surface area contributed by atoms with Crippen LogP contribution in [0.5, 0.6) is 5.75 Å². The van der Waals surface area contributed by atoms with Crippen molar-refractivity contribution in [3.63, 3.8) is 0 Å². The maximum absolute atomic E-state index is 12.7. The van der Waals surface area contributed by atoms with E-state index >= 15 is 0 Å². The summed E-state index contributed by atoms with van der Waals surface area (Å²) in [6.07, 6.45) is 0. The predicted molar refractivity (Wildman–Crippen MR) is 94.4 cm³/mol. The molecule has 4 nitrogen and oxygen atoms in total. The van der Waals surface area contributed by atoms with Gasteiger partial charge >= 0.3 is 0 Å². The van der Waals surface area contributed by atoms with E-state index in [-0.39, 0.29) is 5.78 Å². The summed E-state index contributed by atoms with van der Waals surface area (Å²) >= 11 is 0. The smallest absolute Gasteiger partial charge is 0.180 e. The second-order valence-electron chi connectivity index (χ2n) is 6.84. The zero-order chi connectivity index (χ0) is 16.8. The van der Waals surface area contributed by atoms with Crippen LogP contribution in [0.2, 0.25) is 0 Å². The largest absolute Gasteiger partial charge is 0.493 e. The number of ketones is 1. The Balaban J connectivity index is 2.01. The third-order valence-corrected chi connectivity index (χ3v) is 4.29. The first-order valence-corrected chi connectivity index (χ1v) is 8.71. The standard InChI is InChI=1S/C19H30N2O2/c1-5-20-8-10-21(11-9-20)13-18(22)17-12-16(4)6-7-19(17)23-14-15(2)3/h6-7,12,15H,5,8-11,13-14H2,1-4H3. The highest BCUT2D eigenvalue weighted by Gasteiger charge is 2.20. The van der Waals surface area contributed by atoms with Crippen LogP contribution in [-0.2, 0) is 0 Å². The monoisotopic (exact) mass is 318 g/mol. The van der Waals surface area contributed by atoms with E-state index in [1.807, 2.05) is 25.1 Å². The average Bonchev–Trinajstić information content (AvgIpc) is 2.54. The second kappa shape index (κ2) is 8.46. The lowest BCUT2D eigenvalue weighted by atomic mass is 10.1. The van der Waals surface area contributed by atoms with Gasteiger partial charge in [0.15, 0.2) is 5.78 Å². The zero-order valence-corrected chi connectivity index (χ0v) is 15.0. The number of rotatable bonds is 7. The van der Waals surface area contributed by atoms with Crippen molar-refractivity contribution in [2.75, 3.05) is 45.9 Å². The molecule has 1 aromatic rings. The Hall–Kier alpha value is -1.39. The highest BCUT2D eigenvalue weighted by atomic mass is 16.5. The lowest BCUT2D eigenvalue weighted by Crippen LogP contribution is -2.47. The molecule has 1 heterocycles. The average molecular weight is 318 g/mol. The van der Waals surface area contributed by atoms with Crippen LogP contribution in [0.1, 0.15) is 36.7 Å². The van der Waals surface area contributed by atoms with E-state index in [1.165, 1.54) is 0 Å². The molecule has 0 bridgehead atoms. The van der Waals surface area contributed by atoms with Crippen molar-refractivity contribution in [2.24, 2.45) is 5.92 Å². The number of ether oxygens (including phenoxy) is 1. The van der Waals surface area contributed by atoms with E-state index in [0.717, 1.165) is 49.6 Å². The van der Waals surface area contributed by atoms with Gasteiger partial charge in [-0.1, -0.05) is 32.4 Å². The summed E-state index contributed by atoms with van der Waals surface area (Å²) in [5, 5.41) is 0. The molecule has 1 fully saturated rings. The Labute approximate surface area is 140 Å². The van der Waals surface area contributed by atoms with Crippen LogP contribution < -0.4 is 4.74 Å². The van der Waals surface area contributed by atoms with Crippen LogP contribution >= 0.6 is 0 Å². The first-order valence-electron chi connectivity index (χ1n) is 8.71. The van der Waals surface area contributed by atoms with Gasteiger partial charge in [-0.05, 0) is 31.5 Å². The minimum absolute atomic E-state index is 0.164. The molecule has 128 valence electrons.